The van der Waals surface area contributed by atoms with E-state index in [1.807, 2.05) is 49.4 Å². The molecule has 6 rings (SSSR count). The maximum absolute atomic E-state index is 13.5. The van der Waals surface area contributed by atoms with Crippen LogP contribution in [0.15, 0.2) is 114 Å². The topological polar surface area (TPSA) is 41.4 Å². The summed E-state index contributed by atoms with van der Waals surface area (Å²) in [6, 6.07) is 38.0. The van der Waals surface area contributed by atoms with Gasteiger partial charge in [-0.25, -0.2) is 4.98 Å². The number of hydrogen-bond donors (Lipinski definition) is 0. The van der Waals surface area contributed by atoms with Crippen molar-refractivity contribution in [3.63, 3.8) is 0 Å². The lowest BCUT2D eigenvalue weighted by Crippen LogP contribution is -2.46. The molecule has 0 spiro atoms. The average Bonchev–Trinajstić information content (AvgIpc) is 3.01. The number of rotatable bonds is 8. The van der Waals surface area contributed by atoms with Crippen LogP contribution in [0.25, 0.3) is 10.9 Å². The monoisotopic (exact) mass is 528 g/mol. The van der Waals surface area contributed by atoms with E-state index >= 15 is 0 Å². The van der Waals surface area contributed by atoms with Crippen molar-refractivity contribution in [2.24, 2.45) is 0 Å². The number of anilines is 1. The molecule has 1 aromatic heterocycles. The third kappa shape index (κ3) is 5.70. The number of hydrogen-bond acceptors (Lipinski definition) is 4. The van der Waals surface area contributed by atoms with Gasteiger partial charge in [0.15, 0.2) is 0 Å². The van der Waals surface area contributed by atoms with Crippen molar-refractivity contribution < 1.29 is 0 Å². The molecule has 0 unspecified atom stereocenters. The number of piperazine rings is 1. The summed E-state index contributed by atoms with van der Waals surface area (Å²) in [6.45, 7) is 7.43. The van der Waals surface area contributed by atoms with Crippen LogP contribution in [0, 0.1) is 6.92 Å². The molecule has 0 amide bonds. The first kappa shape index (κ1) is 26.0. The predicted octanol–water partition coefficient (Wildman–Crippen LogP) is 6.10. The average molecular weight is 529 g/mol. The second-order valence-corrected chi connectivity index (χ2v) is 10.7. The van der Waals surface area contributed by atoms with Crippen molar-refractivity contribution in [3.05, 3.63) is 142 Å². The molecular weight excluding hydrogens is 492 g/mol. The van der Waals surface area contributed by atoms with Crippen molar-refractivity contribution >= 4 is 16.6 Å². The van der Waals surface area contributed by atoms with Gasteiger partial charge in [0.25, 0.3) is 5.56 Å². The Labute approximate surface area is 236 Å². The van der Waals surface area contributed by atoms with Gasteiger partial charge in [0.1, 0.15) is 5.82 Å². The zero-order valence-corrected chi connectivity index (χ0v) is 23.1. The van der Waals surface area contributed by atoms with E-state index in [4.69, 9.17) is 4.98 Å². The third-order valence-corrected chi connectivity index (χ3v) is 8.19. The largest absolute Gasteiger partial charge is 0.369 e. The molecule has 1 aliphatic rings. The molecule has 0 radical (unpaired) electrons. The van der Waals surface area contributed by atoms with Gasteiger partial charge in [-0.2, -0.15) is 0 Å². The van der Waals surface area contributed by atoms with Gasteiger partial charge in [0.05, 0.1) is 17.4 Å². The van der Waals surface area contributed by atoms with Crippen molar-refractivity contribution in [2.75, 3.05) is 37.6 Å². The number of fused-ring (bicyclic) bond motifs is 1. The quantitative estimate of drug-likeness (QED) is 0.244. The normalized spacial score (nSPS) is 14.2. The Hall–Kier alpha value is -4.22. The zero-order valence-electron chi connectivity index (χ0n) is 23.1. The highest BCUT2D eigenvalue weighted by Gasteiger charge is 2.21. The molecule has 5 aromatic rings. The predicted molar refractivity (Wildman–Crippen MR) is 164 cm³/mol. The first-order valence-electron chi connectivity index (χ1n) is 14.3. The molecule has 1 aliphatic heterocycles. The number of nitrogens with zero attached hydrogens (tertiary/aromatic N) is 4. The van der Waals surface area contributed by atoms with Crippen LogP contribution in [-0.2, 0) is 6.54 Å². The van der Waals surface area contributed by atoms with Crippen LogP contribution < -0.4 is 10.5 Å². The van der Waals surface area contributed by atoms with E-state index in [1.54, 1.807) is 4.57 Å². The Kier molecular flexibility index (Phi) is 7.73. The zero-order chi connectivity index (χ0) is 27.3. The van der Waals surface area contributed by atoms with Gasteiger partial charge in [-0.3, -0.25) is 14.3 Å². The second kappa shape index (κ2) is 11.9. The molecule has 1 saturated heterocycles. The molecule has 2 heterocycles. The van der Waals surface area contributed by atoms with E-state index in [2.05, 4.69) is 76.5 Å². The van der Waals surface area contributed by atoms with E-state index in [9.17, 15) is 4.79 Å². The number of benzene rings is 4. The summed E-state index contributed by atoms with van der Waals surface area (Å²) in [7, 11) is 0. The fraction of sp³-hybridized carbons (Fsp3) is 0.257. The molecule has 202 valence electrons. The Morgan fingerprint density at radius 2 is 1.35 bits per heavy atom. The number of aromatic nitrogens is 2. The first-order chi connectivity index (χ1) is 19.7. The minimum absolute atomic E-state index is 0.0275. The summed E-state index contributed by atoms with van der Waals surface area (Å²) in [4.78, 5) is 23.3. The summed E-state index contributed by atoms with van der Waals surface area (Å²) < 4.78 is 1.79. The summed E-state index contributed by atoms with van der Waals surface area (Å²) >= 11 is 0. The van der Waals surface area contributed by atoms with E-state index < -0.39 is 0 Å². The van der Waals surface area contributed by atoms with Gasteiger partial charge in [-0.1, -0.05) is 91.0 Å². The first-order valence-corrected chi connectivity index (χ1v) is 14.3. The van der Waals surface area contributed by atoms with Crippen LogP contribution in [0.1, 0.15) is 34.9 Å². The number of aryl methyl sites for hydroxylation is 1. The fourth-order valence-electron chi connectivity index (χ4n) is 5.91. The Morgan fingerprint density at radius 1 is 0.750 bits per heavy atom. The van der Waals surface area contributed by atoms with Crippen LogP contribution in [0.3, 0.4) is 0 Å². The minimum atomic E-state index is 0.0275. The second-order valence-electron chi connectivity index (χ2n) is 10.7. The van der Waals surface area contributed by atoms with Crippen molar-refractivity contribution in [3.8, 4) is 0 Å². The van der Waals surface area contributed by atoms with E-state index in [0.717, 1.165) is 61.7 Å². The fourth-order valence-corrected chi connectivity index (χ4v) is 5.91. The van der Waals surface area contributed by atoms with Crippen LogP contribution in [0.4, 0.5) is 5.69 Å². The third-order valence-electron chi connectivity index (χ3n) is 8.19. The molecule has 0 saturated carbocycles. The Morgan fingerprint density at radius 3 is 1.98 bits per heavy atom. The summed E-state index contributed by atoms with van der Waals surface area (Å²) in [5, 5.41) is 0.690. The van der Waals surface area contributed by atoms with E-state index in [1.165, 1.54) is 11.1 Å². The van der Waals surface area contributed by atoms with Crippen LogP contribution >= 0.6 is 0 Å². The summed E-state index contributed by atoms with van der Waals surface area (Å²) in [5.74, 6) is 1.14. The van der Waals surface area contributed by atoms with Gasteiger partial charge in [0.2, 0.25) is 0 Å². The van der Waals surface area contributed by atoms with Gasteiger partial charge in [-0.05, 0) is 54.8 Å². The lowest BCUT2D eigenvalue weighted by Gasteiger charge is -2.36. The highest BCUT2D eigenvalue weighted by Crippen LogP contribution is 2.28. The van der Waals surface area contributed by atoms with Crippen molar-refractivity contribution in [1.29, 1.82) is 0 Å². The molecular formula is C35H36N4O. The molecule has 0 aliphatic carbocycles. The highest BCUT2D eigenvalue weighted by atomic mass is 16.1. The highest BCUT2D eigenvalue weighted by molar-refractivity contribution is 5.82. The molecule has 0 atom stereocenters. The van der Waals surface area contributed by atoms with Gasteiger partial charge in [0, 0.05) is 37.8 Å². The van der Waals surface area contributed by atoms with E-state index in [-0.39, 0.29) is 5.56 Å². The Balaban J connectivity index is 1.14. The van der Waals surface area contributed by atoms with Crippen molar-refractivity contribution in [1.82, 2.24) is 14.5 Å². The van der Waals surface area contributed by atoms with Crippen molar-refractivity contribution in [2.45, 2.75) is 25.8 Å². The van der Waals surface area contributed by atoms with Crippen LogP contribution in [0.5, 0.6) is 0 Å². The molecule has 1 fully saturated rings. The maximum Gasteiger partial charge on any atom is 0.261 e. The van der Waals surface area contributed by atoms with Crippen LogP contribution in [0.2, 0.25) is 0 Å². The lowest BCUT2D eigenvalue weighted by molar-refractivity contribution is 0.251. The lowest BCUT2D eigenvalue weighted by atomic mass is 9.88. The standard InChI is InChI=1S/C35H36N4O/c1-27-36-34-18-17-31(25-33(34)35(40)39(27)26-28-11-5-2-6-12-28)38-23-21-37(22-24-38)20-19-32(29-13-7-3-8-14-29)30-15-9-4-10-16-30/h2-18,25,32H,19-24,26H2,1H3. The SMILES string of the molecule is Cc1nc2ccc(N3CCN(CCC(c4ccccc4)c4ccccc4)CC3)cc2c(=O)n1Cc1ccccc1. The molecule has 0 N–H and O–H groups in total. The van der Waals surface area contributed by atoms with E-state index in [0.29, 0.717) is 17.8 Å². The smallest absolute Gasteiger partial charge is 0.261 e. The minimum Gasteiger partial charge on any atom is -0.369 e. The van der Waals surface area contributed by atoms with Gasteiger partial charge >= 0.3 is 0 Å². The summed E-state index contributed by atoms with van der Waals surface area (Å²) in [5.41, 5.74) is 5.76. The molecule has 5 nitrogen and oxygen atoms in total. The molecule has 40 heavy (non-hydrogen) atoms. The van der Waals surface area contributed by atoms with Gasteiger partial charge < -0.3 is 4.90 Å². The molecule has 4 aromatic carbocycles. The summed E-state index contributed by atoms with van der Waals surface area (Å²) in [6.07, 6.45) is 1.09. The maximum atomic E-state index is 13.5. The van der Waals surface area contributed by atoms with Gasteiger partial charge in [-0.15, -0.1) is 0 Å². The Bertz CT molecular complexity index is 1570. The van der Waals surface area contributed by atoms with Crippen LogP contribution in [-0.4, -0.2) is 47.2 Å². The molecule has 0 bridgehead atoms. The molecule has 5 heteroatoms.